The first-order valence-corrected chi connectivity index (χ1v) is 8.94. The first-order valence-electron chi connectivity index (χ1n) is 5.37. The van der Waals surface area contributed by atoms with E-state index in [0.717, 1.165) is 11.5 Å². The number of halogens is 1. The molecule has 0 amide bonds. The number of hydrogen-bond acceptors (Lipinski definition) is 2. The van der Waals surface area contributed by atoms with Gasteiger partial charge in [0.05, 0.1) is 0 Å². The Morgan fingerprint density at radius 1 is 0.706 bits per heavy atom. The maximum Gasteiger partial charge on any atom is 0.0288 e. The molecule has 17 heavy (non-hydrogen) atoms. The minimum absolute atomic E-state index is 1.08. The molecule has 0 aliphatic heterocycles. The minimum Gasteiger partial charge on any atom is -0.0890 e. The van der Waals surface area contributed by atoms with E-state index in [1.165, 1.54) is 14.7 Å². The summed E-state index contributed by atoms with van der Waals surface area (Å²) in [4.78, 5) is 0. The van der Waals surface area contributed by atoms with Gasteiger partial charge >= 0.3 is 0 Å². The van der Waals surface area contributed by atoms with Crippen LogP contribution in [-0.2, 0) is 11.5 Å². The summed E-state index contributed by atoms with van der Waals surface area (Å²) >= 11 is 2.34. The van der Waals surface area contributed by atoms with E-state index in [2.05, 4.69) is 77.2 Å². The summed E-state index contributed by atoms with van der Waals surface area (Å²) in [5, 5.41) is 0. The Balaban J connectivity index is 1.71. The molecule has 0 saturated heterocycles. The Bertz CT molecular complexity index is 440. The molecule has 0 nitrogen and oxygen atoms in total. The van der Waals surface area contributed by atoms with Crippen molar-refractivity contribution in [3.8, 4) is 0 Å². The van der Waals surface area contributed by atoms with Crippen LogP contribution in [0, 0.1) is 3.57 Å². The summed E-state index contributed by atoms with van der Waals surface area (Å²) in [5.74, 6) is 2.16. The number of rotatable bonds is 5. The van der Waals surface area contributed by atoms with Crippen LogP contribution in [0.5, 0.6) is 0 Å². The van der Waals surface area contributed by atoms with E-state index in [1.807, 2.05) is 21.6 Å². The largest absolute Gasteiger partial charge is 0.0890 e. The zero-order valence-corrected chi connectivity index (χ0v) is 13.1. The standard InChI is InChI=1S/C14H13IS2/c15-14-8-6-13(7-9-14)11-17-16-10-12-4-2-1-3-5-12/h1-9H,10-11H2. The third-order valence-corrected chi connectivity index (χ3v) is 5.29. The second kappa shape index (κ2) is 7.34. The molecule has 0 aliphatic carbocycles. The maximum absolute atomic E-state index is 2.34. The minimum atomic E-state index is 1.08. The quantitative estimate of drug-likeness (QED) is 0.393. The van der Waals surface area contributed by atoms with Crippen molar-refractivity contribution in [3.63, 3.8) is 0 Å². The molecular weight excluding hydrogens is 359 g/mol. The van der Waals surface area contributed by atoms with Gasteiger partial charge in [0, 0.05) is 15.1 Å². The monoisotopic (exact) mass is 372 g/mol. The summed E-state index contributed by atoms with van der Waals surface area (Å²) in [6, 6.07) is 19.4. The molecule has 0 spiro atoms. The van der Waals surface area contributed by atoms with Crippen LogP contribution in [0.15, 0.2) is 54.6 Å². The van der Waals surface area contributed by atoms with E-state index in [0.29, 0.717) is 0 Å². The molecule has 0 saturated carbocycles. The Kier molecular flexibility index (Phi) is 5.74. The molecule has 2 aromatic carbocycles. The van der Waals surface area contributed by atoms with Crippen molar-refractivity contribution >= 4 is 44.2 Å². The fourth-order valence-corrected chi connectivity index (χ4v) is 3.87. The first kappa shape index (κ1) is 13.3. The molecule has 0 heterocycles. The van der Waals surface area contributed by atoms with E-state index >= 15 is 0 Å². The molecule has 3 heteroatoms. The first-order chi connectivity index (χ1) is 8.34. The van der Waals surface area contributed by atoms with Gasteiger partial charge in [-0.15, -0.1) is 0 Å². The van der Waals surface area contributed by atoms with Crippen molar-refractivity contribution in [2.75, 3.05) is 0 Å². The van der Waals surface area contributed by atoms with Gasteiger partial charge in [-0.2, -0.15) is 0 Å². The highest BCUT2D eigenvalue weighted by molar-refractivity contribution is 14.1. The lowest BCUT2D eigenvalue weighted by atomic mass is 10.2. The number of benzene rings is 2. The average Bonchev–Trinajstić information content (AvgIpc) is 2.38. The van der Waals surface area contributed by atoms with Gasteiger partial charge in [0.15, 0.2) is 0 Å². The fraction of sp³-hybridized carbons (Fsp3) is 0.143. The van der Waals surface area contributed by atoms with Crippen LogP contribution in [0.2, 0.25) is 0 Å². The van der Waals surface area contributed by atoms with E-state index in [-0.39, 0.29) is 0 Å². The van der Waals surface area contributed by atoms with Crippen molar-refractivity contribution in [3.05, 3.63) is 69.3 Å². The molecule has 88 valence electrons. The van der Waals surface area contributed by atoms with E-state index in [9.17, 15) is 0 Å². The van der Waals surface area contributed by atoms with Gasteiger partial charge in [-0.05, 0) is 45.9 Å². The molecule has 0 unspecified atom stereocenters. The molecule has 2 aromatic rings. The van der Waals surface area contributed by atoms with Crippen molar-refractivity contribution < 1.29 is 0 Å². The van der Waals surface area contributed by atoms with E-state index < -0.39 is 0 Å². The SMILES string of the molecule is Ic1ccc(CSSCc2ccccc2)cc1. The van der Waals surface area contributed by atoms with Crippen molar-refractivity contribution in [1.82, 2.24) is 0 Å². The Labute approximate surface area is 124 Å². The lowest BCUT2D eigenvalue weighted by Crippen LogP contribution is -1.80. The van der Waals surface area contributed by atoms with Gasteiger partial charge in [-0.25, -0.2) is 0 Å². The van der Waals surface area contributed by atoms with Crippen LogP contribution < -0.4 is 0 Å². The maximum atomic E-state index is 2.34. The summed E-state index contributed by atoms with van der Waals surface area (Å²) in [5.41, 5.74) is 2.79. The van der Waals surface area contributed by atoms with Gasteiger partial charge in [-0.3, -0.25) is 0 Å². The van der Waals surface area contributed by atoms with Crippen LogP contribution in [0.1, 0.15) is 11.1 Å². The summed E-state index contributed by atoms with van der Waals surface area (Å²) in [6.07, 6.45) is 0. The second-order valence-corrected chi connectivity index (χ2v) is 7.35. The highest BCUT2D eigenvalue weighted by Gasteiger charge is 1.96. The fourth-order valence-electron chi connectivity index (χ4n) is 1.37. The predicted octanol–water partition coefficient (Wildman–Crippen LogP) is 5.37. The third kappa shape index (κ3) is 4.94. The molecule has 0 radical (unpaired) electrons. The van der Waals surface area contributed by atoms with Gasteiger partial charge < -0.3 is 0 Å². The molecular formula is C14H13IS2. The molecule has 2 rings (SSSR count). The predicted molar refractivity (Wildman–Crippen MR) is 88.2 cm³/mol. The zero-order chi connectivity index (χ0) is 11.9. The number of hydrogen-bond donors (Lipinski definition) is 0. The lowest BCUT2D eigenvalue weighted by Gasteiger charge is -2.02. The average molecular weight is 372 g/mol. The lowest BCUT2D eigenvalue weighted by molar-refractivity contribution is 1.41. The normalized spacial score (nSPS) is 10.4. The van der Waals surface area contributed by atoms with Crippen molar-refractivity contribution in [1.29, 1.82) is 0 Å². The third-order valence-electron chi connectivity index (χ3n) is 2.29. The van der Waals surface area contributed by atoms with Gasteiger partial charge in [-0.1, -0.05) is 64.1 Å². The van der Waals surface area contributed by atoms with Gasteiger partial charge in [0.1, 0.15) is 0 Å². The topological polar surface area (TPSA) is 0 Å². The Hall–Kier alpha value is -0.130. The highest BCUT2D eigenvalue weighted by Crippen LogP contribution is 2.29. The molecule has 0 fully saturated rings. The summed E-state index contributed by atoms with van der Waals surface area (Å²) < 4.78 is 1.30. The van der Waals surface area contributed by atoms with E-state index in [1.54, 1.807) is 0 Å². The second-order valence-electron chi connectivity index (χ2n) is 3.64. The van der Waals surface area contributed by atoms with Gasteiger partial charge in [0.2, 0.25) is 0 Å². The Morgan fingerprint density at radius 3 is 1.82 bits per heavy atom. The highest BCUT2D eigenvalue weighted by atomic mass is 127. The van der Waals surface area contributed by atoms with Crippen LogP contribution in [0.25, 0.3) is 0 Å². The molecule has 0 bridgehead atoms. The molecule has 0 atom stereocenters. The zero-order valence-electron chi connectivity index (χ0n) is 9.30. The molecule has 0 N–H and O–H groups in total. The van der Waals surface area contributed by atoms with Crippen molar-refractivity contribution in [2.45, 2.75) is 11.5 Å². The van der Waals surface area contributed by atoms with Crippen LogP contribution in [-0.4, -0.2) is 0 Å². The van der Waals surface area contributed by atoms with Crippen molar-refractivity contribution in [2.24, 2.45) is 0 Å². The smallest absolute Gasteiger partial charge is 0.0288 e. The van der Waals surface area contributed by atoms with E-state index in [4.69, 9.17) is 0 Å². The van der Waals surface area contributed by atoms with Gasteiger partial charge in [0.25, 0.3) is 0 Å². The Morgan fingerprint density at radius 2 is 1.24 bits per heavy atom. The van der Waals surface area contributed by atoms with Crippen LogP contribution in [0.4, 0.5) is 0 Å². The summed E-state index contributed by atoms with van der Waals surface area (Å²) in [7, 11) is 3.84. The van der Waals surface area contributed by atoms with Crippen LogP contribution in [0.3, 0.4) is 0 Å². The molecule has 0 aromatic heterocycles. The molecule has 0 aliphatic rings. The van der Waals surface area contributed by atoms with Crippen LogP contribution >= 0.6 is 44.2 Å². The summed E-state index contributed by atoms with van der Waals surface area (Å²) in [6.45, 7) is 0.